The first-order valence-electron chi connectivity index (χ1n) is 6.23. The number of carbonyl (C=O) groups excluding carboxylic acids is 1. The highest BCUT2D eigenvalue weighted by molar-refractivity contribution is 7.92. The first kappa shape index (κ1) is 14.0. The van der Waals surface area contributed by atoms with Gasteiger partial charge in [-0.1, -0.05) is 12.1 Å². The molecule has 104 valence electrons. The summed E-state index contributed by atoms with van der Waals surface area (Å²) in [6.07, 6.45) is 1.87. The molecular formula is C13H17NO4S. The number of aliphatic hydroxyl groups is 1. The van der Waals surface area contributed by atoms with Gasteiger partial charge in [-0.3, -0.25) is 4.79 Å². The molecule has 0 radical (unpaired) electrons. The second-order valence-electron chi connectivity index (χ2n) is 4.65. The molecule has 0 aliphatic carbocycles. The van der Waals surface area contributed by atoms with Gasteiger partial charge in [0.25, 0.3) is 0 Å². The van der Waals surface area contributed by atoms with Crippen molar-refractivity contribution in [1.82, 2.24) is 4.90 Å². The largest absolute Gasteiger partial charge is 0.392 e. The summed E-state index contributed by atoms with van der Waals surface area (Å²) >= 11 is 0. The molecule has 19 heavy (non-hydrogen) atoms. The maximum atomic E-state index is 12.1. The molecule has 2 rings (SSSR count). The van der Waals surface area contributed by atoms with Crippen LogP contribution in [0.25, 0.3) is 0 Å². The number of nitrogens with zero attached hydrogens (tertiary/aromatic N) is 1. The molecule has 6 heteroatoms. The fraction of sp³-hybridized carbons (Fsp3) is 0.462. The van der Waals surface area contributed by atoms with E-state index in [0.717, 1.165) is 12.8 Å². The number of likely N-dealkylation sites (tertiary alicyclic amines) is 1. The molecule has 0 atom stereocenters. The smallest absolute Gasteiger partial charge is 0.238 e. The van der Waals surface area contributed by atoms with E-state index in [1.807, 2.05) is 0 Å². The molecule has 5 nitrogen and oxygen atoms in total. The Labute approximate surface area is 112 Å². The molecule has 0 spiro atoms. The van der Waals surface area contributed by atoms with Crippen LogP contribution < -0.4 is 0 Å². The maximum absolute atomic E-state index is 12.1. The lowest BCUT2D eigenvalue weighted by Crippen LogP contribution is -2.33. The summed E-state index contributed by atoms with van der Waals surface area (Å²) in [6.45, 7) is 1.07. The van der Waals surface area contributed by atoms with Crippen LogP contribution >= 0.6 is 0 Å². The van der Waals surface area contributed by atoms with E-state index in [0.29, 0.717) is 18.7 Å². The van der Waals surface area contributed by atoms with Crippen molar-refractivity contribution in [2.45, 2.75) is 24.3 Å². The Morgan fingerprint density at radius 2 is 1.95 bits per heavy atom. The van der Waals surface area contributed by atoms with Crippen LogP contribution in [-0.4, -0.2) is 43.2 Å². The van der Waals surface area contributed by atoms with Crippen molar-refractivity contribution in [3.05, 3.63) is 29.8 Å². The van der Waals surface area contributed by atoms with Gasteiger partial charge in [-0.25, -0.2) is 8.42 Å². The number of sulfone groups is 1. The third-order valence-corrected chi connectivity index (χ3v) is 4.81. The molecule has 0 saturated carbocycles. The topological polar surface area (TPSA) is 74.7 Å². The van der Waals surface area contributed by atoms with E-state index in [1.54, 1.807) is 17.0 Å². The highest BCUT2D eigenvalue weighted by Crippen LogP contribution is 2.15. The molecule has 1 aliphatic rings. The van der Waals surface area contributed by atoms with E-state index in [1.165, 1.54) is 12.1 Å². The van der Waals surface area contributed by atoms with Gasteiger partial charge in [0.1, 0.15) is 5.75 Å². The van der Waals surface area contributed by atoms with Crippen molar-refractivity contribution >= 4 is 15.7 Å². The number of amides is 1. The molecule has 1 aromatic rings. The zero-order valence-corrected chi connectivity index (χ0v) is 11.4. The summed E-state index contributed by atoms with van der Waals surface area (Å²) in [5.41, 5.74) is 0.523. The Morgan fingerprint density at radius 3 is 2.58 bits per heavy atom. The third kappa shape index (κ3) is 3.33. The molecule has 1 aliphatic heterocycles. The predicted molar refractivity (Wildman–Crippen MR) is 70.2 cm³/mol. The number of aliphatic hydroxyl groups excluding tert-OH is 1. The van der Waals surface area contributed by atoms with Crippen molar-refractivity contribution in [2.75, 3.05) is 18.8 Å². The molecule has 0 unspecified atom stereocenters. The van der Waals surface area contributed by atoms with Gasteiger partial charge in [0.15, 0.2) is 9.84 Å². The Morgan fingerprint density at radius 1 is 1.26 bits per heavy atom. The number of hydrogen-bond donors (Lipinski definition) is 1. The highest BCUT2D eigenvalue weighted by atomic mass is 32.2. The number of rotatable bonds is 4. The van der Waals surface area contributed by atoms with Gasteiger partial charge in [-0.15, -0.1) is 0 Å². The van der Waals surface area contributed by atoms with E-state index in [9.17, 15) is 13.2 Å². The SMILES string of the molecule is O=C(CS(=O)(=O)c1cccc(CO)c1)N1CCCC1. The zero-order valence-electron chi connectivity index (χ0n) is 10.6. The lowest BCUT2D eigenvalue weighted by Gasteiger charge is -2.15. The number of hydrogen-bond acceptors (Lipinski definition) is 4. The fourth-order valence-electron chi connectivity index (χ4n) is 2.14. The Balaban J connectivity index is 2.15. The summed E-state index contributed by atoms with van der Waals surface area (Å²) in [5.74, 6) is -0.839. The summed E-state index contributed by atoms with van der Waals surface area (Å²) in [5, 5.41) is 9.01. The van der Waals surface area contributed by atoms with Crippen molar-refractivity contribution < 1.29 is 18.3 Å². The maximum Gasteiger partial charge on any atom is 0.238 e. The number of benzene rings is 1. The first-order chi connectivity index (χ1) is 9.03. The van der Waals surface area contributed by atoms with Crippen molar-refractivity contribution in [2.24, 2.45) is 0 Å². The van der Waals surface area contributed by atoms with Gasteiger partial charge in [-0.2, -0.15) is 0 Å². The van der Waals surface area contributed by atoms with Gasteiger partial charge in [-0.05, 0) is 30.5 Å². The minimum atomic E-state index is -3.63. The third-order valence-electron chi connectivity index (χ3n) is 3.21. The quantitative estimate of drug-likeness (QED) is 0.877. The van der Waals surface area contributed by atoms with Crippen molar-refractivity contribution in [3.63, 3.8) is 0 Å². The van der Waals surface area contributed by atoms with Crippen LogP contribution in [-0.2, 0) is 21.2 Å². The van der Waals surface area contributed by atoms with E-state index >= 15 is 0 Å². The van der Waals surface area contributed by atoms with Gasteiger partial charge in [0.05, 0.1) is 11.5 Å². The fourth-order valence-corrected chi connectivity index (χ4v) is 3.43. The second kappa shape index (κ2) is 5.71. The zero-order chi connectivity index (χ0) is 13.9. The molecule has 1 fully saturated rings. The van der Waals surface area contributed by atoms with Crippen LogP contribution in [0.15, 0.2) is 29.2 Å². The Hall–Kier alpha value is -1.40. The normalized spacial score (nSPS) is 15.7. The molecule has 0 bridgehead atoms. The molecule has 0 aromatic heterocycles. The van der Waals surface area contributed by atoms with Crippen LogP contribution in [0.1, 0.15) is 18.4 Å². The summed E-state index contributed by atoms with van der Waals surface area (Å²) in [6, 6.07) is 6.07. The van der Waals surface area contributed by atoms with Gasteiger partial charge >= 0.3 is 0 Å². The average Bonchev–Trinajstić information content (AvgIpc) is 2.92. The summed E-state index contributed by atoms with van der Waals surface area (Å²) in [7, 11) is -3.63. The minimum Gasteiger partial charge on any atom is -0.392 e. The number of carbonyl (C=O) groups is 1. The van der Waals surface area contributed by atoms with E-state index in [4.69, 9.17) is 5.11 Å². The van der Waals surface area contributed by atoms with Crippen LogP contribution in [0.2, 0.25) is 0 Å². The van der Waals surface area contributed by atoms with Crippen molar-refractivity contribution in [1.29, 1.82) is 0 Å². The van der Waals surface area contributed by atoms with Gasteiger partial charge in [0.2, 0.25) is 5.91 Å². The molecule has 1 N–H and O–H groups in total. The Bertz CT molecular complexity index is 562. The second-order valence-corrected chi connectivity index (χ2v) is 6.64. The predicted octanol–water partition coefficient (Wildman–Crippen LogP) is 0.575. The average molecular weight is 283 g/mol. The summed E-state index contributed by atoms with van der Waals surface area (Å²) < 4.78 is 24.3. The van der Waals surface area contributed by atoms with Crippen LogP contribution in [0.4, 0.5) is 0 Å². The van der Waals surface area contributed by atoms with E-state index < -0.39 is 15.6 Å². The van der Waals surface area contributed by atoms with Crippen LogP contribution in [0, 0.1) is 0 Å². The van der Waals surface area contributed by atoms with Crippen molar-refractivity contribution in [3.8, 4) is 0 Å². The summed E-state index contributed by atoms with van der Waals surface area (Å²) in [4.78, 5) is 13.6. The molecule has 1 saturated heterocycles. The molecule has 1 amide bonds. The Kier molecular flexibility index (Phi) is 4.21. The first-order valence-corrected chi connectivity index (χ1v) is 7.88. The standard InChI is InChI=1S/C13H17NO4S/c15-9-11-4-3-5-12(8-11)19(17,18)10-13(16)14-6-1-2-7-14/h3-5,8,15H,1-2,6-7,9-10H2. The monoisotopic (exact) mass is 283 g/mol. The molecular weight excluding hydrogens is 266 g/mol. The van der Waals surface area contributed by atoms with Gasteiger partial charge < -0.3 is 10.0 Å². The van der Waals surface area contributed by atoms with Crippen LogP contribution in [0.3, 0.4) is 0 Å². The van der Waals surface area contributed by atoms with E-state index in [-0.39, 0.29) is 17.4 Å². The lowest BCUT2D eigenvalue weighted by molar-refractivity contribution is -0.127. The minimum absolute atomic E-state index is 0.0894. The van der Waals surface area contributed by atoms with E-state index in [2.05, 4.69) is 0 Å². The van der Waals surface area contributed by atoms with Gasteiger partial charge in [0, 0.05) is 13.1 Å². The molecule has 1 aromatic carbocycles. The lowest BCUT2D eigenvalue weighted by atomic mass is 10.2. The van der Waals surface area contributed by atoms with Crippen LogP contribution in [0.5, 0.6) is 0 Å². The highest BCUT2D eigenvalue weighted by Gasteiger charge is 2.25. The molecule has 1 heterocycles.